The average Bonchev–Trinajstić information content (AvgIpc) is 3.09. The number of halogens is 3. The van der Waals surface area contributed by atoms with E-state index in [0.717, 1.165) is 17.7 Å². The molecule has 1 fully saturated rings. The first-order valence-corrected chi connectivity index (χ1v) is 13.1. The van der Waals surface area contributed by atoms with E-state index >= 15 is 0 Å². The Balaban J connectivity index is 1.62. The zero-order valence-electron chi connectivity index (χ0n) is 20.8. The van der Waals surface area contributed by atoms with Gasteiger partial charge in [-0.15, -0.1) is 13.2 Å². The lowest BCUT2D eigenvalue weighted by atomic mass is 10.1. The van der Waals surface area contributed by atoms with Gasteiger partial charge in [0.05, 0.1) is 6.42 Å². The van der Waals surface area contributed by atoms with Crippen molar-refractivity contribution in [3.8, 4) is 0 Å². The number of carbonyl (C=O) groups is 1. The molecule has 0 aromatic heterocycles. The maximum atomic E-state index is 13.6. The summed E-state index contributed by atoms with van der Waals surface area (Å²) in [4.78, 5) is 14.2. The van der Waals surface area contributed by atoms with Crippen LogP contribution in [-0.4, -0.2) is 62.6 Å². The van der Waals surface area contributed by atoms with Gasteiger partial charge in [-0.05, 0) is 56.1 Å². The predicted octanol–water partition coefficient (Wildman–Crippen LogP) is 5.38. The van der Waals surface area contributed by atoms with Gasteiger partial charge in [0.2, 0.25) is 0 Å². The minimum absolute atomic E-state index is 0.000977. The van der Waals surface area contributed by atoms with Gasteiger partial charge in [0.25, 0.3) is 0 Å². The lowest BCUT2D eigenvalue weighted by Gasteiger charge is -2.43. The summed E-state index contributed by atoms with van der Waals surface area (Å²) in [5.74, 6) is -1.05. The van der Waals surface area contributed by atoms with Crippen LogP contribution in [0.3, 0.4) is 0 Å². The third-order valence-electron chi connectivity index (χ3n) is 6.30. The molecule has 36 heavy (non-hydrogen) atoms. The Bertz CT molecular complexity index is 1040. The highest BCUT2D eigenvalue weighted by atomic mass is 32.2. The van der Waals surface area contributed by atoms with Gasteiger partial charge in [-0.2, -0.15) is 0 Å². The first-order valence-electron chi connectivity index (χ1n) is 12.0. The summed E-state index contributed by atoms with van der Waals surface area (Å²) in [7, 11) is -1.40. The molecule has 1 saturated heterocycles. The molecule has 2 aliphatic carbocycles. The number of piperazine rings is 1. The van der Waals surface area contributed by atoms with E-state index in [-0.39, 0.29) is 30.7 Å². The van der Waals surface area contributed by atoms with Crippen LogP contribution in [0.5, 0.6) is 0 Å². The Hall–Kier alpha value is -2.43. The van der Waals surface area contributed by atoms with Crippen LogP contribution in [0, 0.1) is 0 Å². The first-order chi connectivity index (χ1) is 16.9. The molecule has 0 bridgehead atoms. The lowest BCUT2D eigenvalue weighted by Crippen LogP contribution is -2.57. The van der Waals surface area contributed by atoms with E-state index in [9.17, 15) is 27.3 Å². The Kier molecular flexibility index (Phi) is 9.54. The van der Waals surface area contributed by atoms with Crippen LogP contribution in [0.15, 0.2) is 69.9 Å². The normalized spacial score (nSPS) is 25.0. The number of carboxylic acids is 1. The molecule has 3 rings (SSSR count). The molecule has 198 valence electrons. The number of nitrogens with zero attached hydrogens (tertiary/aromatic N) is 2. The second-order valence-electron chi connectivity index (χ2n) is 9.34. The van der Waals surface area contributed by atoms with Crippen LogP contribution in [0.2, 0.25) is 0 Å². The van der Waals surface area contributed by atoms with E-state index in [1.165, 1.54) is 6.08 Å². The van der Waals surface area contributed by atoms with Crippen LogP contribution in [0.4, 0.5) is 13.2 Å². The lowest BCUT2D eigenvalue weighted by molar-refractivity contribution is -0.305. The maximum Gasteiger partial charge on any atom is 0.572 e. The fourth-order valence-electron chi connectivity index (χ4n) is 4.69. The number of hydrogen-bond acceptors (Lipinski definition) is 4. The third kappa shape index (κ3) is 8.04. The van der Waals surface area contributed by atoms with Crippen molar-refractivity contribution in [2.45, 2.75) is 64.9 Å². The molecular formula is C26H33F3N2O4S. The highest BCUT2D eigenvalue weighted by Crippen LogP contribution is 2.28. The SMILES string of the molecule is CC1=C(CC(=O)O)C=C(S(=O)N2[C@H](C)CN(CCC3=CC=C(OC(F)(F)F)CC=C3)C[C@@H]2C)CC=C1. The summed E-state index contributed by atoms with van der Waals surface area (Å²) >= 11 is 0. The van der Waals surface area contributed by atoms with Crippen LogP contribution in [0.25, 0.3) is 0 Å². The minimum Gasteiger partial charge on any atom is -0.481 e. The van der Waals surface area contributed by atoms with Crippen molar-refractivity contribution in [2.24, 2.45) is 0 Å². The minimum atomic E-state index is -4.69. The summed E-state index contributed by atoms with van der Waals surface area (Å²) < 4.78 is 57.0. The number of rotatable bonds is 8. The van der Waals surface area contributed by atoms with Crippen molar-refractivity contribution < 1.29 is 32.0 Å². The van der Waals surface area contributed by atoms with Crippen LogP contribution in [-0.2, 0) is 20.5 Å². The molecule has 0 aromatic rings. The molecule has 6 nitrogen and oxygen atoms in total. The van der Waals surface area contributed by atoms with Gasteiger partial charge in [-0.3, -0.25) is 9.69 Å². The molecule has 0 radical (unpaired) electrons. The monoisotopic (exact) mass is 526 g/mol. The summed E-state index contributed by atoms with van der Waals surface area (Å²) in [5, 5.41) is 9.24. The second-order valence-corrected chi connectivity index (χ2v) is 10.8. The Morgan fingerprint density at radius 3 is 2.44 bits per heavy atom. The number of hydrogen-bond donors (Lipinski definition) is 1. The standard InChI is InChI=1S/C26H33F3N2O4S/c1-18-6-4-9-24(14-22(18)15-25(32)33)36(34)31-19(2)16-30(17-20(31)3)13-12-21-7-5-8-23(11-10-21)35-26(27,28)29/h4-7,10-11,14,19-20H,8-9,12-13,15-17H2,1-3H3,(H,32,33)/t19-,20+,36?. The zero-order valence-corrected chi connectivity index (χ0v) is 21.6. The van der Waals surface area contributed by atoms with E-state index < -0.39 is 23.3 Å². The number of alkyl halides is 3. The summed E-state index contributed by atoms with van der Waals surface area (Å²) in [6.45, 7) is 8.05. The van der Waals surface area contributed by atoms with Crippen molar-refractivity contribution in [1.29, 1.82) is 0 Å². The molecule has 0 aromatic carbocycles. The summed E-state index contributed by atoms with van der Waals surface area (Å²) in [5.41, 5.74) is 2.45. The van der Waals surface area contributed by atoms with Gasteiger partial charge in [0.1, 0.15) is 16.7 Å². The molecule has 10 heteroatoms. The number of carboxylic acid groups (broad SMARTS) is 1. The van der Waals surface area contributed by atoms with Gasteiger partial charge in [-0.25, -0.2) is 8.51 Å². The number of ether oxygens (including phenoxy) is 1. The smallest absolute Gasteiger partial charge is 0.481 e. The van der Waals surface area contributed by atoms with Gasteiger partial charge in [-0.1, -0.05) is 30.4 Å². The van der Waals surface area contributed by atoms with E-state index in [1.807, 2.05) is 43.3 Å². The molecule has 3 aliphatic rings. The zero-order chi connectivity index (χ0) is 26.5. The van der Waals surface area contributed by atoms with Gasteiger partial charge in [0.15, 0.2) is 0 Å². The highest BCUT2D eigenvalue weighted by Gasteiger charge is 2.35. The Morgan fingerprint density at radius 2 is 1.81 bits per heavy atom. The second kappa shape index (κ2) is 12.2. The topological polar surface area (TPSA) is 70.1 Å². The molecule has 1 heterocycles. The van der Waals surface area contributed by atoms with Crippen LogP contribution < -0.4 is 0 Å². The van der Waals surface area contributed by atoms with Crippen molar-refractivity contribution >= 4 is 17.0 Å². The molecule has 1 aliphatic heterocycles. The van der Waals surface area contributed by atoms with Crippen molar-refractivity contribution in [1.82, 2.24) is 9.21 Å². The van der Waals surface area contributed by atoms with E-state index in [0.29, 0.717) is 36.4 Å². The predicted molar refractivity (Wildman–Crippen MR) is 134 cm³/mol. The summed E-state index contributed by atoms with van der Waals surface area (Å²) in [6, 6.07) is 0.00195. The molecule has 0 amide bonds. The Morgan fingerprint density at radius 1 is 1.14 bits per heavy atom. The van der Waals surface area contributed by atoms with E-state index in [1.54, 1.807) is 18.2 Å². The molecule has 1 N–H and O–H groups in total. The quantitative estimate of drug-likeness (QED) is 0.460. The highest BCUT2D eigenvalue weighted by molar-refractivity contribution is 7.86. The average molecular weight is 527 g/mol. The van der Waals surface area contributed by atoms with Crippen LogP contribution in [0.1, 0.15) is 46.5 Å². The fraction of sp³-hybridized carbons (Fsp3) is 0.500. The molecule has 0 saturated carbocycles. The molecule has 1 unspecified atom stereocenters. The number of aliphatic carboxylic acids is 1. The molecular weight excluding hydrogens is 493 g/mol. The van der Waals surface area contributed by atoms with Crippen LogP contribution >= 0.6 is 0 Å². The fourth-order valence-corrected chi connectivity index (χ4v) is 6.23. The van der Waals surface area contributed by atoms with Crippen molar-refractivity contribution in [3.63, 3.8) is 0 Å². The molecule has 3 atom stereocenters. The Labute approximate surface area is 212 Å². The van der Waals surface area contributed by atoms with E-state index in [2.05, 4.69) is 9.64 Å². The maximum absolute atomic E-state index is 13.6. The van der Waals surface area contributed by atoms with Crippen molar-refractivity contribution in [2.75, 3.05) is 19.6 Å². The third-order valence-corrected chi connectivity index (χ3v) is 8.13. The van der Waals surface area contributed by atoms with Gasteiger partial charge >= 0.3 is 12.3 Å². The van der Waals surface area contributed by atoms with Gasteiger partial charge < -0.3 is 9.84 Å². The van der Waals surface area contributed by atoms with Gasteiger partial charge in [0, 0.05) is 49.5 Å². The number of allylic oxidation sites excluding steroid dienone is 9. The molecule has 0 spiro atoms. The largest absolute Gasteiger partial charge is 0.572 e. The summed E-state index contributed by atoms with van der Waals surface area (Å²) in [6.07, 6.45) is 8.59. The van der Waals surface area contributed by atoms with E-state index in [4.69, 9.17) is 0 Å². The first kappa shape index (κ1) is 28.1. The van der Waals surface area contributed by atoms with Crippen molar-refractivity contribution in [3.05, 3.63) is 69.9 Å².